The van der Waals surface area contributed by atoms with E-state index in [4.69, 9.17) is 4.74 Å². The summed E-state index contributed by atoms with van der Waals surface area (Å²) in [7, 11) is 0. The van der Waals surface area contributed by atoms with Gasteiger partial charge in [-0.15, -0.1) is 0 Å². The van der Waals surface area contributed by atoms with Crippen LogP contribution >= 0.6 is 15.9 Å². The largest absolute Gasteiger partial charge is 0.370 e. The van der Waals surface area contributed by atoms with Crippen LogP contribution < -0.4 is 0 Å². The number of benzene rings is 1. The second-order valence-corrected chi connectivity index (χ2v) is 5.45. The molecule has 0 aliphatic carbocycles. The fourth-order valence-electron chi connectivity index (χ4n) is 2.08. The molecule has 0 bridgehead atoms. The van der Waals surface area contributed by atoms with E-state index in [2.05, 4.69) is 54.0 Å². The Hall–Kier alpha value is -0.340. The van der Waals surface area contributed by atoms with E-state index in [0.29, 0.717) is 18.1 Å². The lowest BCUT2D eigenvalue weighted by molar-refractivity contribution is 0.0188. The highest BCUT2D eigenvalue weighted by Gasteiger charge is 2.28. The van der Waals surface area contributed by atoms with Gasteiger partial charge in [0.1, 0.15) is 0 Å². The fourth-order valence-corrected chi connectivity index (χ4v) is 2.34. The van der Waals surface area contributed by atoms with E-state index >= 15 is 0 Å². The molecule has 2 heteroatoms. The highest BCUT2D eigenvalue weighted by Crippen LogP contribution is 2.35. The Labute approximate surface area is 100.0 Å². The monoisotopic (exact) mass is 268 g/mol. The molecule has 15 heavy (non-hydrogen) atoms. The normalized spacial score (nSPS) is 26.1. The average Bonchev–Trinajstić information content (AvgIpc) is 2.68. The molecule has 1 heterocycles. The predicted octanol–water partition coefficient (Wildman–Crippen LogP) is 4.33. The highest BCUT2D eigenvalue weighted by atomic mass is 79.9. The van der Waals surface area contributed by atoms with E-state index in [0.717, 1.165) is 10.9 Å². The first-order valence-electron chi connectivity index (χ1n) is 5.57. The van der Waals surface area contributed by atoms with Crippen molar-refractivity contribution < 1.29 is 4.74 Å². The first-order chi connectivity index (χ1) is 7.16. The van der Waals surface area contributed by atoms with E-state index in [1.54, 1.807) is 0 Å². The third kappa shape index (κ3) is 2.61. The van der Waals surface area contributed by atoms with Crippen LogP contribution in [0, 0.1) is 5.92 Å². The van der Waals surface area contributed by atoms with Gasteiger partial charge in [0.2, 0.25) is 0 Å². The molecule has 2 rings (SSSR count). The summed E-state index contributed by atoms with van der Waals surface area (Å²) in [5, 5.41) is 0. The maximum absolute atomic E-state index is 6.03. The SMILES string of the molecule is CC(C)C1CCC(c2ccc(Br)cc2)O1. The van der Waals surface area contributed by atoms with Gasteiger partial charge in [0.25, 0.3) is 0 Å². The molecule has 1 fully saturated rings. The third-order valence-corrected chi connectivity index (χ3v) is 3.57. The van der Waals surface area contributed by atoms with Crippen molar-refractivity contribution in [2.45, 2.75) is 38.9 Å². The van der Waals surface area contributed by atoms with Crippen LogP contribution in [0.5, 0.6) is 0 Å². The van der Waals surface area contributed by atoms with Gasteiger partial charge in [-0.2, -0.15) is 0 Å². The van der Waals surface area contributed by atoms with E-state index in [9.17, 15) is 0 Å². The molecule has 0 spiro atoms. The predicted molar refractivity (Wildman–Crippen MR) is 65.8 cm³/mol. The highest BCUT2D eigenvalue weighted by molar-refractivity contribution is 9.10. The van der Waals surface area contributed by atoms with Gasteiger partial charge in [-0.3, -0.25) is 0 Å². The van der Waals surface area contributed by atoms with Crippen LogP contribution in [0.3, 0.4) is 0 Å². The second-order valence-electron chi connectivity index (χ2n) is 4.54. The zero-order valence-electron chi connectivity index (χ0n) is 9.24. The Bertz CT molecular complexity index is 318. The van der Waals surface area contributed by atoms with Crippen molar-refractivity contribution in [3.63, 3.8) is 0 Å². The number of hydrogen-bond acceptors (Lipinski definition) is 1. The van der Waals surface area contributed by atoms with Crippen molar-refractivity contribution in [1.82, 2.24) is 0 Å². The molecule has 1 aromatic rings. The Morgan fingerprint density at radius 1 is 1.20 bits per heavy atom. The zero-order chi connectivity index (χ0) is 10.8. The number of rotatable bonds is 2. The summed E-state index contributed by atoms with van der Waals surface area (Å²) in [5.41, 5.74) is 1.31. The molecule has 1 saturated heterocycles. The Balaban J connectivity index is 2.04. The van der Waals surface area contributed by atoms with Crippen LogP contribution in [-0.4, -0.2) is 6.10 Å². The smallest absolute Gasteiger partial charge is 0.0829 e. The van der Waals surface area contributed by atoms with Gasteiger partial charge < -0.3 is 4.74 Å². The molecule has 0 saturated carbocycles. The lowest BCUT2D eigenvalue weighted by Gasteiger charge is -2.16. The van der Waals surface area contributed by atoms with Crippen molar-refractivity contribution in [3.05, 3.63) is 34.3 Å². The molecule has 1 aliphatic heterocycles. The maximum atomic E-state index is 6.03. The van der Waals surface area contributed by atoms with Gasteiger partial charge in [-0.1, -0.05) is 41.9 Å². The number of halogens is 1. The van der Waals surface area contributed by atoms with E-state index in [-0.39, 0.29) is 0 Å². The molecular formula is C13H17BrO. The van der Waals surface area contributed by atoms with Crippen LogP contribution in [0.1, 0.15) is 38.4 Å². The summed E-state index contributed by atoms with van der Waals surface area (Å²) >= 11 is 3.45. The van der Waals surface area contributed by atoms with E-state index in [1.165, 1.54) is 12.0 Å². The molecule has 0 radical (unpaired) electrons. The van der Waals surface area contributed by atoms with Crippen LogP contribution in [0.15, 0.2) is 28.7 Å². The van der Waals surface area contributed by atoms with Gasteiger partial charge in [-0.25, -0.2) is 0 Å². The van der Waals surface area contributed by atoms with Crippen molar-refractivity contribution in [2.24, 2.45) is 5.92 Å². The first-order valence-corrected chi connectivity index (χ1v) is 6.37. The standard InChI is InChI=1S/C13H17BrO/c1-9(2)12-7-8-13(15-12)10-3-5-11(14)6-4-10/h3-6,9,12-13H,7-8H2,1-2H3. The molecular weight excluding hydrogens is 252 g/mol. The summed E-state index contributed by atoms with van der Waals surface area (Å²) in [6.45, 7) is 4.46. The molecule has 1 aliphatic rings. The molecule has 0 aromatic heterocycles. The van der Waals surface area contributed by atoms with Crippen LogP contribution in [0.4, 0.5) is 0 Å². The van der Waals surface area contributed by atoms with Crippen LogP contribution in [-0.2, 0) is 4.74 Å². The summed E-state index contributed by atoms with van der Waals surface area (Å²) in [6.07, 6.45) is 3.10. The topological polar surface area (TPSA) is 9.23 Å². The summed E-state index contributed by atoms with van der Waals surface area (Å²) in [4.78, 5) is 0. The molecule has 1 nitrogen and oxygen atoms in total. The Kier molecular flexibility index (Phi) is 3.47. The minimum absolute atomic E-state index is 0.311. The first kappa shape index (κ1) is 11.2. The minimum Gasteiger partial charge on any atom is -0.370 e. The molecule has 2 unspecified atom stereocenters. The quantitative estimate of drug-likeness (QED) is 0.776. The second kappa shape index (κ2) is 4.67. The summed E-state index contributed by atoms with van der Waals surface area (Å²) in [5.74, 6) is 0.630. The van der Waals surface area contributed by atoms with Crippen molar-refractivity contribution in [2.75, 3.05) is 0 Å². The zero-order valence-corrected chi connectivity index (χ0v) is 10.8. The maximum Gasteiger partial charge on any atom is 0.0829 e. The molecule has 82 valence electrons. The molecule has 1 aromatic carbocycles. The van der Waals surface area contributed by atoms with Crippen LogP contribution in [0.25, 0.3) is 0 Å². The van der Waals surface area contributed by atoms with Crippen molar-refractivity contribution >= 4 is 15.9 Å². The summed E-state index contributed by atoms with van der Waals surface area (Å²) < 4.78 is 7.16. The molecule has 0 N–H and O–H groups in total. The Morgan fingerprint density at radius 2 is 1.87 bits per heavy atom. The lowest BCUT2D eigenvalue weighted by Crippen LogP contribution is -2.13. The Morgan fingerprint density at radius 3 is 2.40 bits per heavy atom. The number of hydrogen-bond donors (Lipinski definition) is 0. The molecule has 2 atom stereocenters. The van der Waals surface area contributed by atoms with Gasteiger partial charge in [-0.05, 0) is 36.5 Å². The average molecular weight is 269 g/mol. The van der Waals surface area contributed by atoms with Crippen molar-refractivity contribution in [1.29, 1.82) is 0 Å². The van der Waals surface area contributed by atoms with Gasteiger partial charge in [0.15, 0.2) is 0 Å². The van der Waals surface area contributed by atoms with Crippen molar-refractivity contribution in [3.8, 4) is 0 Å². The summed E-state index contributed by atoms with van der Waals surface area (Å²) in [6, 6.07) is 8.47. The fraction of sp³-hybridized carbons (Fsp3) is 0.538. The van der Waals surface area contributed by atoms with E-state index in [1.807, 2.05) is 0 Å². The third-order valence-electron chi connectivity index (χ3n) is 3.04. The molecule has 0 amide bonds. The van der Waals surface area contributed by atoms with Gasteiger partial charge >= 0.3 is 0 Å². The number of ether oxygens (including phenoxy) is 1. The lowest BCUT2D eigenvalue weighted by atomic mass is 10.0. The van der Waals surface area contributed by atoms with Gasteiger partial charge in [0, 0.05) is 4.47 Å². The van der Waals surface area contributed by atoms with Crippen LogP contribution in [0.2, 0.25) is 0 Å². The van der Waals surface area contributed by atoms with Gasteiger partial charge in [0.05, 0.1) is 12.2 Å². The van der Waals surface area contributed by atoms with E-state index < -0.39 is 0 Å². The minimum atomic E-state index is 0.311.